The Balaban J connectivity index is 1.30. The molecule has 0 aliphatic carbocycles. The van der Waals surface area contributed by atoms with Crippen molar-refractivity contribution in [3.05, 3.63) is 65.7 Å². The number of rotatable bonds is 5. The quantitative estimate of drug-likeness (QED) is 0.459. The summed E-state index contributed by atoms with van der Waals surface area (Å²) in [4.78, 5) is 9.65. The second kappa shape index (κ2) is 6.92. The van der Waals surface area contributed by atoms with Crippen LogP contribution in [-0.2, 0) is 13.5 Å². The van der Waals surface area contributed by atoms with Crippen LogP contribution in [0.2, 0.25) is 5.02 Å². The summed E-state index contributed by atoms with van der Waals surface area (Å²) in [5.41, 5.74) is 4.32. The summed E-state index contributed by atoms with van der Waals surface area (Å²) in [7, 11) is 2.05. The smallest absolute Gasteiger partial charge is 0.214 e. The summed E-state index contributed by atoms with van der Waals surface area (Å²) in [5.74, 6) is 0. The van der Waals surface area contributed by atoms with E-state index in [0.29, 0.717) is 0 Å². The molecule has 8 heteroatoms. The van der Waals surface area contributed by atoms with Crippen molar-refractivity contribution in [2.45, 2.75) is 6.42 Å². The lowest BCUT2D eigenvalue weighted by molar-refractivity contribution is 0.931. The van der Waals surface area contributed by atoms with Crippen molar-refractivity contribution in [2.24, 2.45) is 7.05 Å². The highest BCUT2D eigenvalue weighted by atomic mass is 35.5. The van der Waals surface area contributed by atoms with Crippen LogP contribution in [-0.4, -0.2) is 30.7 Å². The van der Waals surface area contributed by atoms with Crippen molar-refractivity contribution < 1.29 is 0 Å². The van der Waals surface area contributed by atoms with Gasteiger partial charge in [-0.15, -0.1) is 5.10 Å². The molecule has 140 valence electrons. The number of nitrogens with one attached hydrogen (secondary N) is 1. The van der Waals surface area contributed by atoms with Crippen molar-refractivity contribution in [1.82, 2.24) is 24.1 Å². The molecular weight excluding hydrogens is 392 g/mol. The van der Waals surface area contributed by atoms with Crippen LogP contribution in [0, 0.1) is 0 Å². The van der Waals surface area contributed by atoms with Gasteiger partial charge in [-0.2, -0.15) is 0 Å². The molecule has 6 nitrogen and oxygen atoms in total. The molecule has 1 aromatic carbocycles. The standard InChI is InChI=1S/C20H17ClN6S/c1-26-11-14(16-5-4-15(21)9-18(16)26)6-8-23-19-25-27-12-17(24-20(27)28-19)13-3-2-7-22-10-13/h2-5,7,9-12H,6,8H2,1H3,(H,23,25). The number of aromatic nitrogens is 5. The van der Waals surface area contributed by atoms with Gasteiger partial charge in [-0.3, -0.25) is 4.98 Å². The number of fused-ring (bicyclic) bond motifs is 2. The van der Waals surface area contributed by atoms with Gasteiger partial charge in [0.15, 0.2) is 0 Å². The van der Waals surface area contributed by atoms with Crippen molar-refractivity contribution >= 4 is 43.9 Å². The topological polar surface area (TPSA) is 60.0 Å². The van der Waals surface area contributed by atoms with Gasteiger partial charge in [0.2, 0.25) is 10.1 Å². The van der Waals surface area contributed by atoms with Crippen molar-refractivity contribution in [3.8, 4) is 11.3 Å². The summed E-state index contributed by atoms with van der Waals surface area (Å²) in [6, 6.07) is 9.94. The summed E-state index contributed by atoms with van der Waals surface area (Å²) in [6.07, 6.45) is 8.57. The average molecular weight is 409 g/mol. The van der Waals surface area contributed by atoms with Crippen LogP contribution in [0.15, 0.2) is 55.1 Å². The minimum atomic E-state index is 0.759. The molecule has 1 N–H and O–H groups in total. The highest BCUT2D eigenvalue weighted by Gasteiger charge is 2.11. The predicted molar refractivity (Wildman–Crippen MR) is 114 cm³/mol. The van der Waals surface area contributed by atoms with Gasteiger partial charge in [0.1, 0.15) is 0 Å². The first kappa shape index (κ1) is 17.2. The molecule has 0 spiro atoms. The number of halogens is 1. The Morgan fingerprint density at radius 3 is 2.96 bits per heavy atom. The summed E-state index contributed by atoms with van der Waals surface area (Å²) in [5, 5.41) is 10.9. The van der Waals surface area contributed by atoms with Crippen molar-refractivity contribution in [3.63, 3.8) is 0 Å². The predicted octanol–water partition coefficient (Wildman–Crippen LogP) is 4.65. The highest BCUT2D eigenvalue weighted by molar-refractivity contribution is 7.20. The van der Waals surface area contributed by atoms with Crippen molar-refractivity contribution in [1.29, 1.82) is 0 Å². The molecule has 5 aromatic rings. The van der Waals surface area contributed by atoms with Gasteiger partial charge in [-0.25, -0.2) is 9.50 Å². The molecule has 4 aromatic heterocycles. The van der Waals surface area contributed by atoms with E-state index in [1.807, 2.05) is 48.2 Å². The lowest BCUT2D eigenvalue weighted by Gasteiger charge is -2.01. The van der Waals surface area contributed by atoms with E-state index >= 15 is 0 Å². The first-order valence-electron chi connectivity index (χ1n) is 8.91. The van der Waals surface area contributed by atoms with E-state index in [1.54, 1.807) is 17.5 Å². The van der Waals surface area contributed by atoms with Crippen LogP contribution >= 0.6 is 22.9 Å². The molecule has 0 saturated heterocycles. The summed E-state index contributed by atoms with van der Waals surface area (Å²) >= 11 is 7.66. The van der Waals surface area contributed by atoms with Crippen molar-refractivity contribution in [2.75, 3.05) is 11.9 Å². The van der Waals surface area contributed by atoms with Gasteiger partial charge < -0.3 is 9.88 Å². The number of aryl methyl sites for hydroxylation is 1. The van der Waals surface area contributed by atoms with Crippen LogP contribution in [0.25, 0.3) is 27.1 Å². The molecule has 0 atom stereocenters. The molecule has 0 radical (unpaired) electrons. The van der Waals surface area contributed by atoms with E-state index in [4.69, 9.17) is 11.6 Å². The maximum absolute atomic E-state index is 6.12. The Morgan fingerprint density at radius 1 is 1.21 bits per heavy atom. The minimum Gasteiger partial charge on any atom is -0.360 e. The summed E-state index contributed by atoms with van der Waals surface area (Å²) < 4.78 is 3.93. The number of hydrogen-bond acceptors (Lipinski definition) is 5. The number of nitrogens with zero attached hydrogens (tertiary/aromatic N) is 5. The Bertz CT molecular complexity index is 1240. The fraction of sp³-hybridized carbons (Fsp3) is 0.150. The molecule has 0 aliphatic heterocycles. The van der Waals surface area contributed by atoms with E-state index in [1.165, 1.54) is 10.9 Å². The Hall–Kier alpha value is -2.90. The second-order valence-electron chi connectivity index (χ2n) is 6.61. The Kier molecular flexibility index (Phi) is 4.26. The summed E-state index contributed by atoms with van der Waals surface area (Å²) in [6.45, 7) is 0.799. The number of hydrogen-bond donors (Lipinski definition) is 1. The molecule has 0 unspecified atom stereocenters. The first-order valence-corrected chi connectivity index (χ1v) is 10.1. The van der Waals surface area contributed by atoms with Crippen LogP contribution in [0.4, 0.5) is 5.13 Å². The highest BCUT2D eigenvalue weighted by Crippen LogP contribution is 2.26. The normalized spacial score (nSPS) is 11.5. The van der Waals surface area contributed by atoms with Gasteiger partial charge in [0, 0.05) is 53.7 Å². The SMILES string of the molecule is Cn1cc(CCNc2nn3cc(-c4cccnc4)nc3s2)c2ccc(Cl)cc21. The first-order chi connectivity index (χ1) is 13.7. The molecule has 0 fully saturated rings. The fourth-order valence-electron chi connectivity index (χ4n) is 3.37. The van der Waals surface area contributed by atoms with E-state index in [2.05, 4.69) is 37.2 Å². The van der Waals surface area contributed by atoms with E-state index in [-0.39, 0.29) is 0 Å². The molecule has 0 bridgehead atoms. The Morgan fingerprint density at radius 2 is 2.14 bits per heavy atom. The molecule has 28 heavy (non-hydrogen) atoms. The van der Waals surface area contributed by atoms with Gasteiger partial charge in [0.05, 0.1) is 11.9 Å². The number of imidazole rings is 1. The monoisotopic (exact) mass is 408 g/mol. The third-order valence-corrected chi connectivity index (χ3v) is 5.82. The molecule has 4 heterocycles. The van der Waals surface area contributed by atoms with Gasteiger partial charge in [-0.1, -0.05) is 29.0 Å². The second-order valence-corrected chi connectivity index (χ2v) is 8.00. The van der Waals surface area contributed by atoms with Crippen LogP contribution in [0.3, 0.4) is 0 Å². The van der Waals surface area contributed by atoms with Gasteiger partial charge >= 0.3 is 0 Å². The maximum atomic E-state index is 6.12. The number of anilines is 1. The maximum Gasteiger partial charge on any atom is 0.214 e. The van der Waals surface area contributed by atoms with Crippen LogP contribution in [0.5, 0.6) is 0 Å². The molecular formula is C20H17ClN6S. The zero-order chi connectivity index (χ0) is 19.1. The molecule has 0 amide bonds. The Labute approximate surface area is 170 Å². The average Bonchev–Trinajstić information content (AvgIpc) is 3.35. The van der Waals surface area contributed by atoms with E-state index in [9.17, 15) is 0 Å². The molecule has 0 saturated carbocycles. The van der Waals surface area contributed by atoms with Gasteiger partial charge in [0.25, 0.3) is 0 Å². The third kappa shape index (κ3) is 3.12. The molecule has 0 aliphatic rings. The van der Waals surface area contributed by atoms with E-state index in [0.717, 1.165) is 44.9 Å². The number of pyridine rings is 1. The largest absolute Gasteiger partial charge is 0.360 e. The van der Waals surface area contributed by atoms with E-state index < -0.39 is 0 Å². The third-order valence-electron chi connectivity index (χ3n) is 4.71. The lowest BCUT2D eigenvalue weighted by atomic mass is 10.1. The zero-order valence-electron chi connectivity index (χ0n) is 15.1. The van der Waals surface area contributed by atoms with Gasteiger partial charge in [-0.05, 0) is 36.2 Å². The zero-order valence-corrected chi connectivity index (χ0v) is 16.7. The van der Waals surface area contributed by atoms with Crippen LogP contribution in [0.1, 0.15) is 5.56 Å². The number of benzene rings is 1. The lowest BCUT2D eigenvalue weighted by Crippen LogP contribution is -2.04. The van der Waals surface area contributed by atoms with Crippen LogP contribution < -0.4 is 5.32 Å². The molecule has 5 rings (SSSR count). The minimum absolute atomic E-state index is 0.759. The fourth-order valence-corrected chi connectivity index (χ4v) is 4.34.